The van der Waals surface area contributed by atoms with Crippen LogP contribution in [-0.2, 0) is 12.8 Å². The monoisotopic (exact) mass is 262 g/mol. The van der Waals surface area contributed by atoms with E-state index in [2.05, 4.69) is 39.0 Å². The topological polar surface area (TPSA) is 13.1 Å². The minimum absolute atomic E-state index is 0.0904. The predicted octanol–water partition coefficient (Wildman–Crippen LogP) is 4.98. The third kappa shape index (κ3) is 2.97. The lowest BCUT2D eigenvalue weighted by Gasteiger charge is -2.09. The highest BCUT2D eigenvalue weighted by Crippen LogP contribution is 2.27. The zero-order chi connectivity index (χ0) is 13.1. The quantitative estimate of drug-likeness (QED) is 0.708. The van der Waals surface area contributed by atoms with Gasteiger partial charge in [-0.25, -0.2) is 0 Å². The Balaban J connectivity index is 2.10. The van der Waals surface area contributed by atoms with Gasteiger partial charge in [-0.1, -0.05) is 25.1 Å². The van der Waals surface area contributed by atoms with Crippen molar-refractivity contribution in [1.29, 1.82) is 0 Å². The maximum atomic E-state index is 6.41. The molecule has 0 radical (unpaired) electrons. The van der Waals surface area contributed by atoms with E-state index in [1.54, 1.807) is 0 Å². The number of furan rings is 1. The second-order valence-electron chi connectivity index (χ2n) is 4.75. The third-order valence-corrected chi connectivity index (χ3v) is 3.70. The van der Waals surface area contributed by atoms with Crippen LogP contribution in [0.3, 0.4) is 0 Å². The largest absolute Gasteiger partial charge is 0.465 e. The van der Waals surface area contributed by atoms with Crippen LogP contribution in [0.1, 0.15) is 40.5 Å². The molecule has 0 aliphatic heterocycles. The summed E-state index contributed by atoms with van der Waals surface area (Å²) in [5, 5.41) is -0.0904. The second-order valence-corrected chi connectivity index (χ2v) is 5.27. The molecule has 1 aromatic heterocycles. The Labute approximate surface area is 114 Å². The molecule has 0 saturated heterocycles. The van der Waals surface area contributed by atoms with Gasteiger partial charge in [0.2, 0.25) is 0 Å². The lowest BCUT2D eigenvalue weighted by Crippen LogP contribution is -1.95. The molecular formula is C16H19ClO. The van der Waals surface area contributed by atoms with Crippen molar-refractivity contribution in [3.8, 4) is 0 Å². The highest BCUT2D eigenvalue weighted by atomic mass is 35.5. The maximum absolute atomic E-state index is 6.41. The van der Waals surface area contributed by atoms with Crippen molar-refractivity contribution in [2.24, 2.45) is 0 Å². The molecular weight excluding hydrogens is 244 g/mol. The summed E-state index contributed by atoms with van der Waals surface area (Å²) in [7, 11) is 0. The van der Waals surface area contributed by atoms with E-state index in [-0.39, 0.29) is 5.38 Å². The number of halogens is 1. The lowest BCUT2D eigenvalue weighted by molar-refractivity contribution is 0.464. The highest BCUT2D eigenvalue weighted by Gasteiger charge is 2.13. The van der Waals surface area contributed by atoms with Crippen LogP contribution < -0.4 is 0 Å². The lowest BCUT2D eigenvalue weighted by atomic mass is 10.0. The van der Waals surface area contributed by atoms with E-state index < -0.39 is 0 Å². The van der Waals surface area contributed by atoms with Crippen LogP contribution >= 0.6 is 11.6 Å². The Hall–Kier alpha value is -1.21. The molecule has 2 rings (SSSR count). The summed E-state index contributed by atoms with van der Waals surface area (Å²) in [6, 6.07) is 10.5. The molecule has 0 aliphatic rings. The van der Waals surface area contributed by atoms with E-state index in [1.165, 1.54) is 16.7 Å². The van der Waals surface area contributed by atoms with Gasteiger partial charge in [-0.05, 0) is 49.1 Å². The Morgan fingerprint density at radius 3 is 2.50 bits per heavy atom. The fourth-order valence-electron chi connectivity index (χ4n) is 1.99. The average Bonchev–Trinajstić information content (AvgIpc) is 2.82. The minimum Gasteiger partial charge on any atom is -0.465 e. The number of hydrogen-bond acceptors (Lipinski definition) is 1. The molecule has 1 atom stereocenters. The molecule has 1 unspecified atom stereocenters. The molecule has 0 N–H and O–H groups in total. The summed E-state index contributed by atoms with van der Waals surface area (Å²) in [6.07, 6.45) is 1.71. The van der Waals surface area contributed by atoms with Gasteiger partial charge >= 0.3 is 0 Å². The maximum Gasteiger partial charge on any atom is 0.122 e. The van der Waals surface area contributed by atoms with Gasteiger partial charge in [0, 0.05) is 6.42 Å². The van der Waals surface area contributed by atoms with E-state index in [4.69, 9.17) is 16.0 Å². The first-order valence-electron chi connectivity index (χ1n) is 6.39. The molecule has 0 spiro atoms. The van der Waals surface area contributed by atoms with Crippen molar-refractivity contribution >= 4 is 11.6 Å². The average molecular weight is 263 g/mol. The van der Waals surface area contributed by atoms with Crippen molar-refractivity contribution in [2.45, 2.75) is 39.0 Å². The molecule has 0 bridgehead atoms. The Kier molecular flexibility index (Phi) is 4.13. The van der Waals surface area contributed by atoms with Crippen LogP contribution in [0.5, 0.6) is 0 Å². The molecule has 96 valence electrons. The van der Waals surface area contributed by atoms with Gasteiger partial charge in [0.1, 0.15) is 11.5 Å². The summed E-state index contributed by atoms with van der Waals surface area (Å²) in [5.74, 6) is 1.86. The van der Waals surface area contributed by atoms with Crippen LogP contribution in [0.2, 0.25) is 0 Å². The molecule has 1 aromatic carbocycles. The van der Waals surface area contributed by atoms with E-state index in [0.717, 1.165) is 24.4 Å². The van der Waals surface area contributed by atoms with Crippen LogP contribution in [-0.4, -0.2) is 0 Å². The van der Waals surface area contributed by atoms with E-state index in [0.29, 0.717) is 0 Å². The number of benzene rings is 1. The second kappa shape index (κ2) is 5.62. The molecule has 0 fully saturated rings. The predicted molar refractivity (Wildman–Crippen MR) is 76.3 cm³/mol. The highest BCUT2D eigenvalue weighted by molar-refractivity contribution is 6.20. The van der Waals surface area contributed by atoms with Crippen LogP contribution in [0.15, 0.2) is 34.7 Å². The molecule has 18 heavy (non-hydrogen) atoms. The van der Waals surface area contributed by atoms with Crippen molar-refractivity contribution in [3.05, 3.63) is 58.5 Å². The fourth-order valence-corrected chi connectivity index (χ4v) is 2.29. The number of hydrogen-bond donors (Lipinski definition) is 0. The number of alkyl halides is 1. The van der Waals surface area contributed by atoms with E-state index >= 15 is 0 Å². The molecule has 0 saturated carbocycles. The first-order valence-corrected chi connectivity index (χ1v) is 6.82. The van der Waals surface area contributed by atoms with Gasteiger partial charge in [0.25, 0.3) is 0 Å². The zero-order valence-corrected chi connectivity index (χ0v) is 11.9. The van der Waals surface area contributed by atoms with Gasteiger partial charge in [-0.2, -0.15) is 0 Å². The molecule has 1 heterocycles. The van der Waals surface area contributed by atoms with Gasteiger partial charge in [-0.3, -0.25) is 0 Å². The fraction of sp³-hybridized carbons (Fsp3) is 0.375. The summed E-state index contributed by atoms with van der Waals surface area (Å²) < 4.78 is 5.69. The third-order valence-electron chi connectivity index (χ3n) is 3.33. The first kappa shape index (κ1) is 13.2. The van der Waals surface area contributed by atoms with Crippen molar-refractivity contribution in [1.82, 2.24) is 0 Å². The summed E-state index contributed by atoms with van der Waals surface area (Å²) in [5.41, 5.74) is 3.88. The van der Waals surface area contributed by atoms with Crippen molar-refractivity contribution in [3.63, 3.8) is 0 Å². The summed E-state index contributed by atoms with van der Waals surface area (Å²) >= 11 is 6.41. The van der Waals surface area contributed by atoms with Crippen LogP contribution in [0.25, 0.3) is 0 Å². The van der Waals surface area contributed by atoms with Crippen molar-refractivity contribution in [2.75, 3.05) is 0 Å². The van der Waals surface area contributed by atoms with Gasteiger partial charge in [0.15, 0.2) is 0 Å². The Morgan fingerprint density at radius 2 is 1.89 bits per heavy atom. The number of rotatable bonds is 4. The molecule has 1 nitrogen and oxygen atoms in total. The molecule has 0 aliphatic carbocycles. The summed E-state index contributed by atoms with van der Waals surface area (Å²) in [6.45, 7) is 6.33. The van der Waals surface area contributed by atoms with Gasteiger partial charge in [0.05, 0.1) is 5.38 Å². The van der Waals surface area contributed by atoms with Crippen molar-refractivity contribution < 1.29 is 4.42 Å². The molecule has 2 aromatic rings. The minimum atomic E-state index is -0.0904. The molecule has 2 heteroatoms. The standard InChI is InChI=1S/C16H19ClO/c1-4-14-7-8-16(18-14)15(17)10-13-6-5-11(2)12(3)9-13/h5-9,15H,4,10H2,1-3H3. The zero-order valence-electron chi connectivity index (χ0n) is 11.2. The van der Waals surface area contributed by atoms with Crippen LogP contribution in [0, 0.1) is 13.8 Å². The van der Waals surface area contributed by atoms with E-state index in [9.17, 15) is 0 Å². The van der Waals surface area contributed by atoms with Gasteiger partial charge < -0.3 is 4.42 Å². The normalized spacial score (nSPS) is 12.7. The number of aryl methyl sites for hydroxylation is 3. The summed E-state index contributed by atoms with van der Waals surface area (Å²) in [4.78, 5) is 0. The smallest absolute Gasteiger partial charge is 0.122 e. The molecule has 0 amide bonds. The van der Waals surface area contributed by atoms with Crippen LogP contribution in [0.4, 0.5) is 0 Å². The first-order chi connectivity index (χ1) is 8.60. The Bertz CT molecular complexity index is 528. The van der Waals surface area contributed by atoms with E-state index in [1.807, 2.05) is 12.1 Å². The van der Waals surface area contributed by atoms with Gasteiger partial charge in [-0.15, -0.1) is 11.6 Å². The Morgan fingerprint density at radius 1 is 1.11 bits per heavy atom. The SMILES string of the molecule is CCc1ccc(C(Cl)Cc2ccc(C)c(C)c2)o1.